The van der Waals surface area contributed by atoms with Crippen LogP contribution in [-0.2, 0) is 22.6 Å². The van der Waals surface area contributed by atoms with Gasteiger partial charge in [-0.2, -0.15) is 0 Å². The molecule has 2 amide bonds. The van der Waals surface area contributed by atoms with Gasteiger partial charge in [0.25, 0.3) is 0 Å². The molecule has 0 unspecified atom stereocenters. The Morgan fingerprint density at radius 1 is 1.03 bits per heavy atom. The molecule has 188 valence electrons. The van der Waals surface area contributed by atoms with Crippen LogP contribution in [0.2, 0.25) is 0 Å². The smallest absolute Gasteiger partial charge is 0.337 e. The molecule has 0 bridgehead atoms. The summed E-state index contributed by atoms with van der Waals surface area (Å²) >= 11 is 0. The van der Waals surface area contributed by atoms with Crippen molar-refractivity contribution in [3.05, 3.63) is 57.6 Å². The van der Waals surface area contributed by atoms with Crippen molar-refractivity contribution in [2.45, 2.75) is 78.9 Å². The van der Waals surface area contributed by atoms with Crippen LogP contribution in [-0.4, -0.2) is 51.8 Å². The third-order valence-electron chi connectivity index (χ3n) is 6.99. The van der Waals surface area contributed by atoms with Gasteiger partial charge in [-0.3, -0.25) is 0 Å². The molecule has 2 aromatic rings. The summed E-state index contributed by atoms with van der Waals surface area (Å²) in [6, 6.07) is 7.87. The van der Waals surface area contributed by atoms with Crippen molar-refractivity contribution in [3.8, 4) is 11.1 Å². The summed E-state index contributed by atoms with van der Waals surface area (Å²) < 4.78 is 19.9. The molecule has 0 spiro atoms. The zero-order valence-corrected chi connectivity index (χ0v) is 21.4. The molecule has 2 heterocycles. The summed E-state index contributed by atoms with van der Waals surface area (Å²) in [7, 11) is 0. The van der Waals surface area contributed by atoms with Gasteiger partial charge in [0.15, 0.2) is 6.10 Å². The highest BCUT2D eigenvalue weighted by atomic mass is 19.1. The number of amides is 2. The predicted octanol–water partition coefficient (Wildman–Crippen LogP) is 5.70. The monoisotopic (exact) mass is 482 g/mol. The first-order valence-electron chi connectivity index (χ1n) is 12.2. The zero-order chi connectivity index (χ0) is 25.7. The number of hydrogen-bond acceptors (Lipinski definition) is 3. The van der Waals surface area contributed by atoms with Crippen LogP contribution in [0, 0.1) is 20.8 Å². The fourth-order valence-electron chi connectivity index (χ4n) is 5.25. The number of carbonyl (C=O) groups excluding carboxylic acids is 1. The molecule has 0 radical (unpaired) electrons. The second kappa shape index (κ2) is 9.26. The number of carboxylic acid groups (broad SMARTS) is 1. The van der Waals surface area contributed by atoms with E-state index < -0.39 is 23.8 Å². The molecule has 1 N–H and O–H groups in total. The van der Waals surface area contributed by atoms with Crippen molar-refractivity contribution < 1.29 is 23.8 Å². The Morgan fingerprint density at radius 3 is 2.14 bits per heavy atom. The summed E-state index contributed by atoms with van der Waals surface area (Å²) in [5, 5.41) is 10.2. The van der Waals surface area contributed by atoms with Gasteiger partial charge in [0.05, 0.1) is 12.1 Å². The molecule has 1 fully saturated rings. The van der Waals surface area contributed by atoms with Gasteiger partial charge >= 0.3 is 12.0 Å². The number of aliphatic carboxylic acids is 1. The molecule has 35 heavy (non-hydrogen) atoms. The number of hydrogen-bond donors (Lipinski definition) is 1. The maximum absolute atomic E-state index is 13.8. The lowest BCUT2D eigenvalue weighted by Crippen LogP contribution is -2.39. The lowest BCUT2D eigenvalue weighted by Gasteiger charge is -2.29. The fraction of sp³-hybridized carbons (Fsp3) is 0.500. The van der Waals surface area contributed by atoms with E-state index in [0.29, 0.717) is 31.6 Å². The summed E-state index contributed by atoms with van der Waals surface area (Å²) in [5.74, 6) is -1.05. The molecule has 1 saturated heterocycles. The SMILES string of the molecule is Cc1ccc(-c2c(C)c3c(c(C)c2[C@H](OC(C)(C)C)C(=O)O)CN(C(=O)N2CC[C@H](F)C2)C3)cc1. The second-order valence-electron chi connectivity index (χ2n) is 10.8. The highest BCUT2D eigenvalue weighted by molar-refractivity contribution is 5.85. The van der Waals surface area contributed by atoms with E-state index in [1.807, 2.05) is 65.8 Å². The predicted molar refractivity (Wildman–Crippen MR) is 133 cm³/mol. The molecule has 0 aliphatic carbocycles. The van der Waals surface area contributed by atoms with Crippen LogP contribution >= 0.6 is 0 Å². The van der Waals surface area contributed by atoms with Crippen molar-refractivity contribution in [2.75, 3.05) is 13.1 Å². The number of alkyl halides is 1. The van der Waals surface area contributed by atoms with Gasteiger partial charge in [0.1, 0.15) is 6.17 Å². The van der Waals surface area contributed by atoms with Crippen molar-refractivity contribution in [3.63, 3.8) is 0 Å². The van der Waals surface area contributed by atoms with E-state index >= 15 is 0 Å². The van der Waals surface area contributed by atoms with Crippen LogP contribution in [0.5, 0.6) is 0 Å². The number of likely N-dealkylation sites (tertiary alicyclic amines) is 1. The molecule has 7 heteroatoms. The lowest BCUT2D eigenvalue weighted by atomic mass is 9.83. The minimum absolute atomic E-state index is 0.129. The Kier molecular flexibility index (Phi) is 6.66. The minimum Gasteiger partial charge on any atom is -0.479 e. The van der Waals surface area contributed by atoms with E-state index in [2.05, 4.69) is 0 Å². The van der Waals surface area contributed by atoms with Crippen molar-refractivity contribution in [1.82, 2.24) is 9.80 Å². The maximum atomic E-state index is 13.8. The molecule has 2 atom stereocenters. The number of ether oxygens (including phenoxy) is 1. The first kappa shape index (κ1) is 25.2. The molecule has 0 saturated carbocycles. The highest BCUT2D eigenvalue weighted by Crippen LogP contribution is 2.44. The van der Waals surface area contributed by atoms with Crippen LogP contribution < -0.4 is 0 Å². The van der Waals surface area contributed by atoms with Crippen LogP contribution in [0.15, 0.2) is 24.3 Å². The summed E-state index contributed by atoms with van der Waals surface area (Å²) in [5.41, 5.74) is 6.61. The van der Waals surface area contributed by atoms with Crippen molar-refractivity contribution in [2.24, 2.45) is 0 Å². The van der Waals surface area contributed by atoms with Gasteiger partial charge in [-0.1, -0.05) is 29.8 Å². The summed E-state index contributed by atoms with van der Waals surface area (Å²) in [6.07, 6.45) is -1.76. The highest BCUT2D eigenvalue weighted by Gasteiger charge is 2.38. The molecule has 2 aromatic carbocycles. The number of carboxylic acids is 1. The van der Waals surface area contributed by atoms with Gasteiger partial charge < -0.3 is 19.6 Å². The van der Waals surface area contributed by atoms with Gasteiger partial charge in [-0.05, 0) is 81.3 Å². The first-order valence-corrected chi connectivity index (χ1v) is 12.2. The third-order valence-corrected chi connectivity index (χ3v) is 6.99. The number of aryl methyl sites for hydroxylation is 1. The number of urea groups is 1. The Hall–Kier alpha value is -2.93. The Morgan fingerprint density at radius 2 is 1.63 bits per heavy atom. The average Bonchev–Trinajstić information content (AvgIpc) is 3.41. The Labute approximate surface area is 206 Å². The first-order chi connectivity index (χ1) is 16.4. The molecule has 6 nitrogen and oxygen atoms in total. The number of halogens is 1. The van der Waals surface area contributed by atoms with Crippen LogP contribution in [0.25, 0.3) is 11.1 Å². The molecule has 4 rings (SSSR count). The molecular formula is C28H35FN2O4. The normalized spacial score (nSPS) is 18.7. The Balaban J connectivity index is 1.85. The number of rotatable bonds is 4. The van der Waals surface area contributed by atoms with Crippen LogP contribution in [0.3, 0.4) is 0 Å². The number of benzene rings is 2. The number of fused-ring (bicyclic) bond motifs is 1. The minimum atomic E-state index is -1.16. The van der Waals surface area contributed by atoms with Gasteiger partial charge in [0, 0.05) is 25.2 Å². The molecule has 0 aromatic heterocycles. The third kappa shape index (κ3) is 4.92. The summed E-state index contributed by atoms with van der Waals surface area (Å²) in [4.78, 5) is 29.0. The van der Waals surface area contributed by atoms with E-state index in [4.69, 9.17) is 4.74 Å². The van der Waals surface area contributed by atoms with E-state index in [9.17, 15) is 19.1 Å². The van der Waals surface area contributed by atoms with Crippen LogP contribution in [0.1, 0.15) is 66.7 Å². The van der Waals surface area contributed by atoms with Gasteiger partial charge in [-0.15, -0.1) is 0 Å². The van der Waals surface area contributed by atoms with Gasteiger partial charge in [-0.25, -0.2) is 14.0 Å². The van der Waals surface area contributed by atoms with E-state index in [-0.39, 0.29) is 12.6 Å². The molecular weight excluding hydrogens is 447 g/mol. The maximum Gasteiger partial charge on any atom is 0.337 e. The van der Waals surface area contributed by atoms with Gasteiger partial charge in [0.2, 0.25) is 0 Å². The molecule has 2 aliphatic heterocycles. The fourth-order valence-corrected chi connectivity index (χ4v) is 5.25. The molecule has 2 aliphatic rings. The van der Waals surface area contributed by atoms with Crippen molar-refractivity contribution >= 4 is 12.0 Å². The second-order valence-corrected chi connectivity index (χ2v) is 10.8. The number of nitrogens with zero attached hydrogens (tertiary/aromatic N) is 2. The average molecular weight is 483 g/mol. The Bertz CT molecular complexity index is 1150. The zero-order valence-electron chi connectivity index (χ0n) is 21.4. The largest absolute Gasteiger partial charge is 0.479 e. The van der Waals surface area contributed by atoms with E-state index in [0.717, 1.165) is 38.9 Å². The topological polar surface area (TPSA) is 70.1 Å². The van der Waals surface area contributed by atoms with Crippen LogP contribution in [0.4, 0.5) is 9.18 Å². The number of carbonyl (C=O) groups is 2. The van der Waals surface area contributed by atoms with E-state index in [1.54, 1.807) is 9.80 Å². The summed E-state index contributed by atoms with van der Waals surface area (Å²) in [6.45, 7) is 12.8. The van der Waals surface area contributed by atoms with E-state index in [1.165, 1.54) is 0 Å². The lowest BCUT2D eigenvalue weighted by molar-refractivity contribution is -0.160. The van der Waals surface area contributed by atoms with Crippen molar-refractivity contribution in [1.29, 1.82) is 0 Å². The standard InChI is InChI=1S/C28H35FN2O4/c1-16-7-9-19(10-8-16)23-17(2)21-14-31(27(34)30-12-11-20(29)13-30)15-22(21)18(3)24(23)25(26(32)33)35-28(4,5)6/h7-10,20,25H,11-15H2,1-6H3,(H,32,33)/t20-,25-/m0/s1. The quantitative estimate of drug-likeness (QED) is 0.607.